The molecule has 0 bridgehead atoms. The quantitative estimate of drug-likeness (QED) is 0.815. The lowest BCUT2D eigenvalue weighted by Gasteiger charge is -2.15. The maximum absolute atomic E-state index is 12.2. The third kappa shape index (κ3) is 3.84. The summed E-state index contributed by atoms with van der Waals surface area (Å²) in [5.41, 5.74) is 0.790. The molecule has 6 heteroatoms. The smallest absolute Gasteiger partial charge is 0.261 e. The van der Waals surface area contributed by atoms with Crippen LogP contribution in [0.4, 0.5) is 0 Å². The number of nitrogens with one attached hydrogen (secondary N) is 1. The molecule has 1 aromatic heterocycles. The number of amides is 1. The van der Waals surface area contributed by atoms with E-state index in [9.17, 15) is 9.59 Å². The molecule has 0 saturated heterocycles. The van der Waals surface area contributed by atoms with Crippen molar-refractivity contribution in [3.05, 3.63) is 55.7 Å². The Labute approximate surface area is 136 Å². The number of benzene rings is 1. The number of carbonyl (C=O) groups excluding carboxylic acids is 2. The molecule has 1 atom stereocenters. The summed E-state index contributed by atoms with van der Waals surface area (Å²) in [5, 5.41) is 3.91. The molecule has 0 aliphatic heterocycles. The molecule has 0 saturated carbocycles. The SMILES string of the molecule is CC(=O)c1ccc(C(=O)N[C@@H](C)c2ccc(Cl)cc2Cl)s1. The zero-order chi connectivity index (χ0) is 15.6. The second kappa shape index (κ2) is 6.60. The maximum Gasteiger partial charge on any atom is 0.261 e. The van der Waals surface area contributed by atoms with Gasteiger partial charge in [-0.2, -0.15) is 0 Å². The Morgan fingerprint density at radius 1 is 1.14 bits per heavy atom. The third-order valence-electron chi connectivity index (χ3n) is 2.95. The Morgan fingerprint density at radius 2 is 1.81 bits per heavy atom. The van der Waals surface area contributed by atoms with Gasteiger partial charge < -0.3 is 5.32 Å². The van der Waals surface area contributed by atoms with E-state index in [1.807, 2.05) is 6.92 Å². The molecule has 0 radical (unpaired) electrons. The molecule has 0 spiro atoms. The summed E-state index contributed by atoms with van der Waals surface area (Å²) in [6.45, 7) is 3.32. The highest BCUT2D eigenvalue weighted by atomic mass is 35.5. The molecule has 2 rings (SSSR count). The predicted molar refractivity (Wildman–Crippen MR) is 86.7 cm³/mol. The van der Waals surface area contributed by atoms with E-state index in [0.717, 1.165) is 5.56 Å². The van der Waals surface area contributed by atoms with E-state index in [1.54, 1.807) is 30.3 Å². The number of ketones is 1. The molecule has 1 amide bonds. The Hall–Kier alpha value is -1.36. The van der Waals surface area contributed by atoms with Crippen LogP contribution in [0.1, 0.15) is 44.8 Å². The Kier molecular flexibility index (Phi) is 5.04. The number of rotatable bonds is 4. The minimum Gasteiger partial charge on any atom is -0.345 e. The van der Waals surface area contributed by atoms with E-state index in [-0.39, 0.29) is 17.7 Å². The summed E-state index contributed by atoms with van der Waals surface area (Å²) < 4.78 is 0. The molecule has 0 aliphatic carbocycles. The van der Waals surface area contributed by atoms with E-state index in [2.05, 4.69) is 5.32 Å². The van der Waals surface area contributed by atoms with Gasteiger partial charge in [0.1, 0.15) is 0 Å². The lowest BCUT2D eigenvalue weighted by Crippen LogP contribution is -2.26. The van der Waals surface area contributed by atoms with Crippen LogP contribution in [0.5, 0.6) is 0 Å². The summed E-state index contributed by atoms with van der Waals surface area (Å²) in [7, 11) is 0. The molecule has 0 unspecified atom stereocenters. The fraction of sp³-hybridized carbons (Fsp3) is 0.200. The molecule has 2 aromatic rings. The summed E-state index contributed by atoms with van der Waals surface area (Å²) >= 11 is 13.2. The Morgan fingerprint density at radius 3 is 2.38 bits per heavy atom. The molecular formula is C15H13Cl2NO2S. The topological polar surface area (TPSA) is 46.2 Å². The second-order valence-electron chi connectivity index (χ2n) is 4.58. The van der Waals surface area contributed by atoms with E-state index >= 15 is 0 Å². The van der Waals surface area contributed by atoms with Gasteiger partial charge in [0.15, 0.2) is 5.78 Å². The van der Waals surface area contributed by atoms with Crippen molar-refractivity contribution in [2.75, 3.05) is 0 Å². The lowest BCUT2D eigenvalue weighted by atomic mass is 10.1. The van der Waals surface area contributed by atoms with Crippen molar-refractivity contribution in [3.8, 4) is 0 Å². The molecule has 0 fully saturated rings. The van der Waals surface area contributed by atoms with Crippen molar-refractivity contribution in [1.82, 2.24) is 5.32 Å². The first kappa shape index (κ1) is 16.0. The average Bonchev–Trinajstić information content (AvgIpc) is 2.88. The lowest BCUT2D eigenvalue weighted by molar-refractivity contribution is 0.0943. The standard InChI is InChI=1S/C15H13Cl2NO2S/c1-8(11-4-3-10(16)7-12(11)17)18-15(20)14-6-5-13(21-14)9(2)19/h3-8H,1-2H3,(H,18,20)/t8-/m0/s1. The fourth-order valence-electron chi connectivity index (χ4n) is 1.85. The van der Waals surface area contributed by atoms with Crippen LogP contribution in [0.3, 0.4) is 0 Å². The fourth-order valence-corrected chi connectivity index (χ4v) is 3.22. The van der Waals surface area contributed by atoms with Gasteiger partial charge in [0, 0.05) is 10.0 Å². The van der Waals surface area contributed by atoms with E-state index in [4.69, 9.17) is 23.2 Å². The van der Waals surface area contributed by atoms with Crippen LogP contribution < -0.4 is 5.32 Å². The van der Waals surface area contributed by atoms with Gasteiger partial charge in [-0.3, -0.25) is 9.59 Å². The summed E-state index contributed by atoms with van der Waals surface area (Å²) in [6, 6.07) is 8.19. The van der Waals surface area contributed by atoms with Crippen LogP contribution >= 0.6 is 34.5 Å². The first-order chi connectivity index (χ1) is 9.88. The van der Waals surface area contributed by atoms with Crippen LogP contribution in [-0.2, 0) is 0 Å². The summed E-state index contributed by atoms with van der Waals surface area (Å²) in [6.07, 6.45) is 0. The largest absolute Gasteiger partial charge is 0.345 e. The van der Waals surface area contributed by atoms with Crippen molar-refractivity contribution in [1.29, 1.82) is 0 Å². The highest BCUT2D eigenvalue weighted by Crippen LogP contribution is 2.26. The molecule has 1 aromatic carbocycles. The summed E-state index contributed by atoms with van der Waals surface area (Å²) in [5.74, 6) is -0.279. The first-order valence-corrected chi connectivity index (χ1v) is 7.82. The van der Waals surface area contributed by atoms with Crippen molar-refractivity contribution in [3.63, 3.8) is 0 Å². The van der Waals surface area contributed by atoms with Gasteiger partial charge >= 0.3 is 0 Å². The molecule has 0 aliphatic rings. The third-order valence-corrected chi connectivity index (χ3v) is 4.70. The van der Waals surface area contributed by atoms with Gasteiger partial charge in [-0.25, -0.2) is 0 Å². The molecule has 1 N–H and O–H groups in total. The number of Topliss-reactive ketones (excluding diaryl/α,β-unsaturated/α-hetero) is 1. The second-order valence-corrected chi connectivity index (χ2v) is 6.51. The van der Waals surface area contributed by atoms with Gasteiger partial charge in [0.25, 0.3) is 5.91 Å². The predicted octanol–water partition coefficient (Wildman–Crippen LogP) is 4.75. The number of halogens is 2. The van der Waals surface area contributed by atoms with E-state index < -0.39 is 0 Å². The zero-order valence-corrected chi connectivity index (χ0v) is 13.8. The summed E-state index contributed by atoms with van der Waals surface area (Å²) in [4.78, 5) is 24.5. The maximum atomic E-state index is 12.2. The molecular weight excluding hydrogens is 329 g/mol. The minimum atomic E-state index is -0.259. The van der Waals surface area contributed by atoms with Gasteiger partial charge in [-0.1, -0.05) is 29.3 Å². The Bertz CT molecular complexity index is 697. The normalized spacial score (nSPS) is 12.0. The van der Waals surface area contributed by atoms with Crippen LogP contribution in [0.2, 0.25) is 10.0 Å². The number of hydrogen-bond donors (Lipinski definition) is 1. The number of carbonyl (C=O) groups is 2. The zero-order valence-electron chi connectivity index (χ0n) is 11.4. The Balaban J connectivity index is 2.12. The van der Waals surface area contributed by atoms with Crippen molar-refractivity contribution < 1.29 is 9.59 Å². The van der Waals surface area contributed by atoms with Gasteiger partial charge in [0.2, 0.25) is 0 Å². The van der Waals surface area contributed by atoms with Crippen molar-refractivity contribution >= 4 is 46.2 Å². The van der Waals surface area contributed by atoms with Crippen molar-refractivity contribution in [2.45, 2.75) is 19.9 Å². The highest BCUT2D eigenvalue weighted by Gasteiger charge is 2.16. The average molecular weight is 342 g/mol. The number of thiophene rings is 1. The monoisotopic (exact) mass is 341 g/mol. The van der Waals surface area contributed by atoms with Crippen LogP contribution in [0, 0.1) is 0 Å². The van der Waals surface area contributed by atoms with E-state index in [0.29, 0.717) is 19.8 Å². The number of hydrogen-bond acceptors (Lipinski definition) is 3. The van der Waals surface area contributed by atoms with Crippen LogP contribution in [-0.4, -0.2) is 11.7 Å². The molecule has 21 heavy (non-hydrogen) atoms. The van der Waals surface area contributed by atoms with Crippen LogP contribution in [0.25, 0.3) is 0 Å². The van der Waals surface area contributed by atoms with E-state index in [1.165, 1.54) is 18.3 Å². The minimum absolute atomic E-state index is 0.0483. The molecule has 110 valence electrons. The van der Waals surface area contributed by atoms with Crippen LogP contribution in [0.15, 0.2) is 30.3 Å². The first-order valence-electron chi connectivity index (χ1n) is 6.25. The van der Waals surface area contributed by atoms with Gasteiger partial charge in [-0.05, 0) is 43.7 Å². The molecule has 3 nitrogen and oxygen atoms in total. The highest BCUT2D eigenvalue weighted by molar-refractivity contribution is 7.15. The molecule has 1 heterocycles. The van der Waals surface area contributed by atoms with Crippen molar-refractivity contribution in [2.24, 2.45) is 0 Å². The van der Waals surface area contributed by atoms with Gasteiger partial charge in [-0.15, -0.1) is 11.3 Å². The van der Waals surface area contributed by atoms with Gasteiger partial charge in [0.05, 0.1) is 15.8 Å².